The summed E-state index contributed by atoms with van der Waals surface area (Å²) in [6, 6.07) is 11.6. The molecule has 8 atom stereocenters. The van der Waals surface area contributed by atoms with Crippen molar-refractivity contribution >= 4 is 12.2 Å². The third kappa shape index (κ3) is 6.26. The van der Waals surface area contributed by atoms with Gasteiger partial charge in [-0.3, -0.25) is 0 Å². The van der Waals surface area contributed by atoms with Crippen LogP contribution in [0.5, 0.6) is 17.2 Å². The molecule has 12 nitrogen and oxygen atoms in total. The van der Waals surface area contributed by atoms with E-state index in [2.05, 4.69) is 0 Å². The first-order valence-electron chi connectivity index (χ1n) is 11.9. The zero-order valence-corrected chi connectivity index (χ0v) is 20.5. The molecule has 8 unspecified atom stereocenters. The van der Waals surface area contributed by atoms with Gasteiger partial charge in [-0.25, -0.2) is 0 Å². The van der Waals surface area contributed by atoms with Gasteiger partial charge in [0.15, 0.2) is 6.29 Å². The Morgan fingerprint density at radius 3 is 2.26 bits per heavy atom. The normalized spacial score (nSPS) is 33.5. The third-order valence-electron chi connectivity index (χ3n) is 6.42. The highest BCUT2D eigenvalue weighted by atomic mass is 16.7. The number of phenols is 1. The molecule has 208 valence electrons. The fourth-order valence-electron chi connectivity index (χ4n) is 4.06. The molecule has 7 N–H and O–H groups in total. The van der Waals surface area contributed by atoms with E-state index in [4.69, 9.17) is 23.7 Å². The van der Waals surface area contributed by atoms with Crippen LogP contribution in [-0.2, 0) is 14.2 Å². The second-order valence-corrected chi connectivity index (χ2v) is 9.22. The molecular weight excluding hydrogens is 504 g/mol. The van der Waals surface area contributed by atoms with Crippen molar-refractivity contribution in [1.82, 2.24) is 0 Å². The van der Waals surface area contributed by atoms with Crippen LogP contribution in [0.3, 0.4) is 0 Å². The highest BCUT2D eigenvalue weighted by Gasteiger charge is 2.50. The zero-order valence-electron chi connectivity index (χ0n) is 20.5. The Morgan fingerprint density at radius 2 is 1.61 bits per heavy atom. The molecule has 4 rings (SSSR count). The van der Waals surface area contributed by atoms with Gasteiger partial charge in [-0.05, 0) is 35.4 Å². The van der Waals surface area contributed by atoms with E-state index < -0.39 is 61.9 Å². The van der Waals surface area contributed by atoms with Gasteiger partial charge in [0.05, 0.1) is 26.9 Å². The predicted molar refractivity (Wildman–Crippen MR) is 131 cm³/mol. The second kappa shape index (κ2) is 11.9. The van der Waals surface area contributed by atoms with Gasteiger partial charge in [0, 0.05) is 6.07 Å². The Kier molecular flexibility index (Phi) is 8.88. The van der Waals surface area contributed by atoms with Crippen LogP contribution in [-0.4, -0.2) is 111 Å². The van der Waals surface area contributed by atoms with E-state index in [1.165, 1.54) is 7.11 Å². The quantitative estimate of drug-likeness (QED) is 0.198. The number of hydrogen-bond donors (Lipinski definition) is 7. The minimum atomic E-state index is -1.89. The van der Waals surface area contributed by atoms with Crippen molar-refractivity contribution in [1.29, 1.82) is 0 Å². The van der Waals surface area contributed by atoms with E-state index in [0.29, 0.717) is 11.3 Å². The van der Waals surface area contributed by atoms with Crippen LogP contribution in [0.2, 0.25) is 0 Å². The van der Waals surface area contributed by atoms with Gasteiger partial charge in [-0.15, -0.1) is 0 Å². The maximum Gasteiger partial charge on any atom is 0.229 e. The molecule has 2 aliphatic heterocycles. The SMILES string of the molecule is COc1cc(C=Cc2ccc(O)cc2)cc(OC2OC(COC3OCC(O)(CO)C3O)C(O)C(O)C2O)c1. The Labute approximate surface area is 218 Å². The van der Waals surface area contributed by atoms with Crippen LogP contribution in [0.4, 0.5) is 0 Å². The van der Waals surface area contributed by atoms with Gasteiger partial charge in [0.2, 0.25) is 6.29 Å². The van der Waals surface area contributed by atoms with Gasteiger partial charge >= 0.3 is 0 Å². The topological polar surface area (TPSA) is 188 Å². The minimum Gasteiger partial charge on any atom is -0.508 e. The molecule has 0 amide bonds. The van der Waals surface area contributed by atoms with E-state index in [9.17, 15) is 35.7 Å². The van der Waals surface area contributed by atoms with Crippen molar-refractivity contribution in [2.24, 2.45) is 0 Å². The molecule has 2 aromatic rings. The number of aliphatic hydroxyl groups excluding tert-OH is 5. The summed E-state index contributed by atoms with van der Waals surface area (Å²) in [6.07, 6.45) is -6.70. The molecule has 38 heavy (non-hydrogen) atoms. The summed E-state index contributed by atoms with van der Waals surface area (Å²) >= 11 is 0. The average Bonchev–Trinajstić information content (AvgIpc) is 3.21. The number of aliphatic hydroxyl groups is 6. The van der Waals surface area contributed by atoms with E-state index in [-0.39, 0.29) is 18.1 Å². The van der Waals surface area contributed by atoms with Crippen molar-refractivity contribution in [3.05, 3.63) is 53.6 Å². The summed E-state index contributed by atoms with van der Waals surface area (Å²) in [5.41, 5.74) is -0.367. The Bertz CT molecular complexity index is 1090. The maximum atomic E-state index is 10.5. The van der Waals surface area contributed by atoms with Crippen molar-refractivity contribution < 1.29 is 59.4 Å². The molecule has 2 saturated heterocycles. The zero-order chi connectivity index (χ0) is 27.4. The van der Waals surface area contributed by atoms with Gasteiger partial charge in [-0.2, -0.15) is 0 Å². The molecule has 0 radical (unpaired) electrons. The lowest BCUT2D eigenvalue weighted by Crippen LogP contribution is -2.60. The molecule has 2 aromatic carbocycles. The van der Waals surface area contributed by atoms with Gasteiger partial charge in [-0.1, -0.05) is 24.3 Å². The Balaban J connectivity index is 1.45. The Morgan fingerprint density at radius 1 is 0.921 bits per heavy atom. The van der Waals surface area contributed by atoms with Gasteiger partial charge in [0.25, 0.3) is 0 Å². The van der Waals surface area contributed by atoms with E-state index in [0.717, 1.165) is 5.56 Å². The summed E-state index contributed by atoms with van der Waals surface area (Å²) in [4.78, 5) is 0. The first-order valence-corrected chi connectivity index (χ1v) is 11.9. The molecule has 0 bridgehead atoms. The molecule has 2 aliphatic rings. The lowest BCUT2D eigenvalue weighted by molar-refractivity contribution is -0.289. The molecule has 12 heteroatoms. The fourth-order valence-corrected chi connectivity index (χ4v) is 4.06. The van der Waals surface area contributed by atoms with Crippen molar-refractivity contribution in [3.8, 4) is 17.2 Å². The smallest absolute Gasteiger partial charge is 0.229 e. The summed E-state index contributed by atoms with van der Waals surface area (Å²) in [6.45, 7) is -1.51. The number of hydrogen-bond acceptors (Lipinski definition) is 12. The van der Waals surface area contributed by atoms with E-state index >= 15 is 0 Å². The lowest BCUT2D eigenvalue weighted by atomic mass is 9.99. The third-order valence-corrected chi connectivity index (χ3v) is 6.42. The van der Waals surface area contributed by atoms with E-state index in [1.54, 1.807) is 48.5 Å². The summed E-state index contributed by atoms with van der Waals surface area (Å²) in [7, 11) is 1.48. The van der Waals surface area contributed by atoms with Gasteiger partial charge in [0.1, 0.15) is 53.4 Å². The monoisotopic (exact) mass is 536 g/mol. The largest absolute Gasteiger partial charge is 0.508 e. The molecule has 2 fully saturated rings. The molecule has 0 saturated carbocycles. The van der Waals surface area contributed by atoms with Crippen LogP contribution in [0, 0.1) is 0 Å². The van der Waals surface area contributed by atoms with Crippen LogP contribution in [0.1, 0.15) is 11.1 Å². The minimum absolute atomic E-state index is 0.153. The first-order chi connectivity index (χ1) is 18.1. The van der Waals surface area contributed by atoms with Crippen molar-refractivity contribution in [3.63, 3.8) is 0 Å². The lowest BCUT2D eigenvalue weighted by Gasteiger charge is -2.40. The van der Waals surface area contributed by atoms with E-state index in [1.807, 2.05) is 6.08 Å². The molecule has 2 heterocycles. The number of phenolic OH excluding ortho intramolecular Hbond substituents is 1. The Hall–Kier alpha value is -2.78. The maximum absolute atomic E-state index is 10.5. The standard InChI is InChI=1S/C26H32O12/c1-34-17-8-15(3-2-14-4-6-16(28)7-5-14)9-18(10-17)37-24-22(31)21(30)20(29)19(38-24)11-35-25-23(32)26(33,12-27)13-36-25/h2-10,19-25,27-33H,11-13H2,1H3. The second-order valence-electron chi connectivity index (χ2n) is 9.22. The number of rotatable bonds is 9. The molecular formula is C26H32O12. The number of aromatic hydroxyl groups is 1. The van der Waals surface area contributed by atoms with Crippen LogP contribution in [0.15, 0.2) is 42.5 Å². The summed E-state index contributed by atoms with van der Waals surface area (Å²) in [5.74, 6) is 0.840. The molecule has 0 spiro atoms. The molecule has 0 aliphatic carbocycles. The number of benzene rings is 2. The number of ether oxygens (including phenoxy) is 5. The van der Waals surface area contributed by atoms with Crippen LogP contribution in [0.25, 0.3) is 12.2 Å². The summed E-state index contributed by atoms with van der Waals surface area (Å²) in [5, 5.41) is 70.2. The first kappa shape index (κ1) is 28.2. The molecule has 0 aromatic heterocycles. The van der Waals surface area contributed by atoms with Gasteiger partial charge < -0.3 is 59.4 Å². The van der Waals surface area contributed by atoms with Crippen molar-refractivity contribution in [2.45, 2.75) is 48.7 Å². The van der Waals surface area contributed by atoms with Crippen LogP contribution >= 0.6 is 0 Å². The number of methoxy groups -OCH3 is 1. The van der Waals surface area contributed by atoms with Crippen LogP contribution < -0.4 is 9.47 Å². The summed E-state index contributed by atoms with van der Waals surface area (Å²) < 4.78 is 27.4. The highest BCUT2D eigenvalue weighted by molar-refractivity contribution is 5.71. The van der Waals surface area contributed by atoms with Crippen molar-refractivity contribution in [2.75, 3.05) is 26.9 Å². The average molecular weight is 537 g/mol. The fraction of sp³-hybridized carbons (Fsp3) is 0.462. The predicted octanol–water partition coefficient (Wildman–Crippen LogP) is -0.785. The highest BCUT2D eigenvalue weighted by Crippen LogP contribution is 2.30.